The molecule has 0 aromatic heterocycles. The van der Waals surface area contributed by atoms with Gasteiger partial charge in [-0.3, -0.25) is 0 Å². The molecule has 0 heterocycles. The van der Waals surface area contributed by atoms with Gasteiger partial charge in [-0.25, -0.2) is 13.6 Å². The van der Waals surface area contributed by atoms with E-state index in [1.165, 1.54) is 7.11 Å². The van der Waals surface area contributed by atoms with Crippen molar-refractivity contribution in [3.63, 3.8) is 0 Å². The summed E-state index contributed by atoms with van der Waals surface area (Å²) in [5.41, 5.74) is 5.09. The fourth-order valence-electron chi connectivity index (χ4n) is 1.87. The summed E-state index contributed by atoms with van der Waals surface area (Å²) < 4.78 is 37.2. The summed E-state index contributed by atoms with van der Waals surface area (Å²) in [6.45, 7) is 5.26. The van der Waals surface area contributed by atoms with E-state index in [-0.39, 0.29) is 24.3 Å². The van der Waals surface area contributed by atoms with Gasteiger partial charge in [0.1, 0.15) is 23.0 Å². The van der Waals surface area contributed by atoms with Crippen LogP contribution in [0.5, 0.6) is 5.75 Å². The second-order valence-electron chi connectivity index (χ2n) is 5.85. The Balaban J connectivity index is 2.85. The third kappa shape index (κ3) is 5.48. The molecule has 1 aromatic rings. The van der Waals surface area contributed by atoms with Gasteiger partial charge in [-0.05, 0) is 20.8 Å². The predicted molar refractivity (Wildman–Crippen MR) is 78.8 cm³/mol. The van der Waals surface area contributed by atoms with Gasteiger partial charge in [-0.15, -0.1) is 0 Å². The largest absolute Gasteiger partial charge is 0.496 e. The highest BCUT2D eigenvalue weighted by Crippen LogP contribution is 2.24. The first-order valence-corrected chi connectivity index (χ1v) is 6.87. The molecular weight excluding hydrogens is 294 g/mol. The molecule has 7 heteroatoms. The lowest BCUT2D eigenvalue weighted by Gasteiger charge is -2.23. The maximum atomic E-state index is 13.9. The van der Waals surface area contributed by atoms with Crippen LogP contribution in [0.3, 0.4) is 0 Å². The fraction of sp³-hybridized carbons (Fsp3) is 0.533. The summed E-state index contributed by atoms with van der Waals surface area (Å²) in [6, 6.07) is 1.28. The number of alkyl carbamates (subject to hydrolysis) is 1. The van der Waals surface area contributed by atoms with Crippen LogP contribution in [0.4, 0.5) is 13.6 Å². The minimum absolute atomic E-state index is 0.0605. The van der Waals surface area contributed by atoms with Crippen LogP contribution in [0.25, 0.3) is 0 Å². The van der Waals surface area contributed by atoms with Crippen molar-refractivity contribution in [1.82, 2.24) is 5.32 Å². The van der Waals surface area contributed by atoms with E-state index >= 15 is 0 Å². The molecule has 124 valence electrons. The van der Waals surface area contributed by atoms with Crippen LogP contribution >= 0.6 is 0 Å². The van der Waals surface area contributed by atoms with E-state index in [1.807, 2.05) is 0 Å². The van der Waals surface area contributed by atoms with Crippen molar-refractivity contribution >= 4 is 6.09 Å². The Hall–Kier alpha value is -1.89. The minimum atomic E-state index is -0.749. The number of nitrogens with one attached hydrogen (secondary N) is 1. The first-order chi connectivity index (χ1) is 10.2. The van der Waals surface area contributed by atoms with Gasteiger partial charge in [-0.2, -0.15) is 0 Å². The van der Waals surface area contributed by atoms with Gasteiger partial charge in [0.2, 0.25) is 0 Å². The number of hydrogen-bond donors (Lipinski definition) is 2. The first-order valence-electron chi connectivity index (χ1n) is 6.87. The average molecular weight is 316 g/mol. The maximum Gasteiger partial charge on any atom is 0.407 e. The van der Waals surface area contributed by atoms with Crippen molar-refractivity contribution in [2.24, 2.45) is 5.73 Å². The van der Waals surface area contributed by atoms with E-state index in [0.29, 0.717) is 0 Å². The average Bonchev–Trinajstić information content (AvgIpc) is 2.37. The second-order valence-corrected chi connectivity index (χ2v) is 5.85. The van der Waals surface area contributed by atoms with Crippen molar-refractivity contribution in [3.05, 3.63) is 29.3 Å². The van der Waals surface area contributed by atoms with Gasteiger partial charge < -0.3 is 20.5 Å². The monoisotopic (exact) mass is 316 g/mol. The molecule has 1 aromatic carbocycles. The predicted octanol–water partition coefficient (Wildman–Crippen LogP) is 2.37. The zero-order valence-electron chi connectivity index (χ0n) is 13.2. The van der Waals surface area contributed by atoms with Crippen molar-refractivity contribution < 1.29 is 23.0 Å². The standard InChI is InChI=1S/C15H22F2N2O3/c1-15(2,3)22-14(20)19-10(8-18)7-11-12(17)5-9(16)6-13(11)21-4/h5-6,10H,7-8,18H2,1-4H3,(H,19,20). The number of amides is 1. The molecule has 1 amide bonds. The summed E-state index contributed by atoms with van der Waals surface area (Å²) in [4.78, 5) is 11.7. The van der Waals surface area contributed by atoms with Gasteiger partial charge in [0.05, 0.1) is 7.11 Å². The van der Waals surface area contributed by atoms with Gasteiger partial charge in [0.15, 0.2) is 0 Å². The lowest BCUT2D eigenvalue weighted by Crippen LogP contribution is -2.44. The van der Waals surface area contributed by atoms with Crippen molar-refractivity contribution in [2.75, 3.05) is 13.7 Å². The van der Waals surface area contributed by atoms with Gasteiger partial charge in [-0.1, -0.05) is 0 Å². The topological polar surface area (TPSA) is 73.6 Å². The molecule has 0 spiro atoms. The zero-order chi connectivity index (χ0) is 16.9. The van der Waals surface area contributed by atoms with E-state index in [2.05, 4.69) is 5.32 Å². The van der Waals surface area contributed by atoms with Crippen LogP contribution in [-0.2, 0) is 11.2 Å². The SMILES string of the molecule is COc1cc(F)cc(F)c1CC(CN)NC(=O)OC(C)(C)C. The molecule has 22 heavy (non-hydrogen) atoms. The lowest BCUT2D eigenvalue weighted by molar-refractivity contribution is 0.0505. The molecule has 0 aliphatic heterocycles. The Morgan fingerprint density at radius 1 is 1.36 bits per heavy atom. The second kappa shape index (κ2) is 7.40. The number of carbonyl (C=O) groups excluding carboxylic acids is 1. The smallest absolute Gasteiger partial charge is 0.407 e. The van der Waals surface area contributed by atoms with Crippen molar-refractivity contribution in [1.29, 1.82) is 0 Å². The van der Waals surface area contributed by atoms with E-state index in [1.54, 1.807) is 20.8 Å². The molecule has 1 unspecified atom stereocenters. The summed E-state index contributed by atoms with van der Waals surface area (Å²) >= 11 is 0. The molecule has 0 bridgehead atoms. The van der Waals surface area contributed by atoms with Gasteiger partial charge in [0, 0.05) is 36.7 Å². The van der Waals surface area contributed by atoms with E-state index in [4.69, 9.17) is 15.2 Å². The van der Waals surface area contributed by atoms with Crippen LogP contribution < -0.4 is 15.8 Å². The highest BCUT2D eigenvalue weighted by atomic mass is 19.1. The van der Waals surface area contributed by atoms with Crippen LogP contribution in [0, 0.1) is 11.6 Å². The Kier molecular flexibility index (Phi) is 6.11. The summed E-state index contributed by atoms with van der Waals surface area (Å²) in [5.74, 6) is -1.41. The zero-order valence-corrected chi connectivity index (χ0v) is 13.2. The number of methoxy groups -OCH3 is 1. The number of hydrogen-bond acceptors (Lipinski definition) is 4. The number of benzene rings is 1. The first kappa shape index (κ1) is 18.2. The molecule has 0 saturated heterocycles. The molecule has 1 rings (SSSR count). The van der Waals surface area contributed by atoms with Crippen molar-refractivity contribution in [3.8, 4) is 5.75 Å². The number of carbonyl (C=O) groups is 1. The Morgan fingerprint density at radius 3 is 2.50 bits per heavy atom. The molecule has 0 aliphatic rings. The number of rotatable bonds is 5. The Morgan fingerprint density at radius 2 is 2.00 bits per heavy atom. The van der Waals surface area contributed by atoms with Gasteiger partial charge in [0.25, 0.3) is 0 Å². The molecule has 3 N–H and O–H groups in total. The summed E-state index contributed by atoms with van der Waals surface area (Å²) in [7, 11) is 1.32. The highest BCUT2D eigenvalue weighted by molar-refractivity contribution is 5.68. The third-order valence-corrected chi connectivity index (χ3v) is 2.80. The maximum absolute atomic E-state index is 13.9. The van der Waals surface area contributed by atoms with Crippen LogP contribution in [0.1, 0.15) is 26.3 Å². The molecule has 0 radical (unpaired) electrons. The number of ether oxygens (including phenoxy) is 2. The quantitative estimate of drug-likeness (QED) is 0.874. The molecule has 0 saturated carbocycles. The highest BCUT2D eigenvalue weighted by Gasteiger charge is 2.21. The fourth-order valence-corrected chi connectivity index (χ4v) is 1.87. The van der Waals surface area contributed by atoms with Crippen LogP contribution in [-0.4, -0.2) is 31.4 Å². The van der Waals surface area contributed by atoms with E-state index < -0.39 is 29.4 Å². The minimum Gasteiger partial charge on any atom is -0.496 e. The number of halogens is 2. The number of nitrogens with two attached hydrogens (primary N) is 1. The normalized spacial score (nSPS) is 12.7. The van der Waals surface area contributed by atoms with Crippen LogP contribution in [0.15, 0.2) is 12.1 Å². The Bertz CT molecular complexity index is 530. The summed E-state index contributed by atoms with van der Waals surface area (Å²) in [5, 5.41) is 2.56. The Labute approximate surface area is 128 Å². The summed E-state index contributed by atoms with van der Waals surface area (Å²) in [6.07, 6.45) is -0.588. The molecule has 1 atom stereocenters. The molecule has 0 aliphatic carbocycles. The van der Waals surface area contributed by atoms with E-state index in [0.717, 1.165) is 12.1 Å². The van der Waals surface area contributed by atoms with E-state index in [9.17, 15) is 13.6 Å². The lowest BCUT2D eigenvalue weighted by atomic mass is 10.0. The van der Waals surface area contributed by atoms with Crippen molar-refractivity contribution in [2.45, 2.75) is 38.8 Å². The molecular formula is C15H22F2N2O3. The molecule has 0 fully saturated rings. The third-order valence-electron chi connectivity index (χ3n) is 2.80. The molecule has 5 nitrogen and oxygen atoms in total. The van der Waals surface area contributed by atoms with Crippen LogP contribution in [0.2, 0.25) is 0 Å². The van der Waals surface area contributed by atoms with Gasteiger partial charge >= 0.3 is 6.09 Å².